The number of benzene rings is 2. The lowest BCUT2D eigenvalue weighted by Gasteiger charge is -2.33. The number of halogens is 1. The lowest BCUT2D eigenvalue weighted by atomic mass is 9.92. The van der Waals surface area contributed by atoms with Crippen molar-refractivity contribution in [2.24, 2.45) is 0 Å². The highest BCUT2D eigenvalue weighted by Gasteiger charge is 2.34. The summed E-state index contributed by atoms with van der Waals surface area (Å²) >= 11 is 6.06. The summed E-state index contributed by atoms with van der Waals surface area (Å²) in [4.78, 5) is 0.341. The monoisotopic (exact) mass is 454 g/mol. The molecular weight excluding hydrogens is 432 g/mol. The van der Waals surface area contributed by atoms with Gasteiger partial charge in [-0.1, -0.05) is 29.8 Å². The second-order valence-electron chi connectivity index (χ2n) is 7.38. The predicted octanol–water partition coefficient (Wildman–Crippen LogP) is 2.91. The van der Waals surface area contributed by atoms with Crippen LogP contribution in [-0.2, 0) is 32.9 Å². The number of hydrogen-bond donors (Lipinski definition) is 0. The van der Waals surface area contributed by atoms with Gasteiger partial charge in [0.05, 0.1) is 9.92 Å². The molecule has 0 saturated carbocycles. The Morgan fingerprint density at radius 3 is 1.97 bits per heavy atom. The molecule has 0 amide bonds. The Kier molecular flexibility index (Phi) is 5.74. The number of aryl methyl sites for hydroxylation is 2. The molecule has 1 aliphatic carbocycles. The molecule has 1 aliphatic heterocycles. The van der Waals surface area contributed by atoms with Crippen molar-refractivity contribution < 1.29 is 16.8 Å². The van der Waals surface area contributed by atoms with E-state index in [1.165, 1.54) is 26.3 Å². The molecule has 0 bridgehead atoms. The Morgan fingerprint density at radius 2 is 1.31 bits per heavy atom. The standard InChI is InChI=1S/C20H23ClN2O4S2/c21-19-7-3-4-8-20(19)29(26,27)23-13-11-22(12-14-23)28(24,25)18-10-9-16-5-1-2-6-17(16)15-18/h3-4,7-10,15H,1-2,5-6,11-14H2. The number of sulfonamides is 2. The van der Waals surface area contributed by atoms with Crippen LogP contribution in [0.1, 0.15) is 24.0 Å². The Morgan fingerprint density at radius 1 is 0.724 bits per heavy atom. The van der Waals surface area contributed by atoms with E-state index in [4.69, 9.17) is 11.6 Å². The number of rotatable bonds is 4. The minimum atomic E-state index is -3.76. The molecule has 1 heterocycles. The van der Waals surface area contributed by atoms with Crippen LogP contribution in [0, 0.1) is 0 Å². The average Bonchev–Trinajstić information content (AvgIpc) is 2.73. The van der Waals surface area contributed by atoms with Gasteiger partial charge in [-0.05, 0) is 61.1 Å². The summed E-state index contributed by atoms with van der Waals surface area (Å²) in [6.45, 7) is 0.418. The molecule has 9 heteroatoms. The summed E-state index contributed by atoms with van der Waals surface area (Å²) in [5.41, 5.74) is 2.34. The molecule has 0 aromatic heterocycles. The maximum absolute atomic E-state index is 13.1. The van der Waals surface area contributed by atoms with E-state index in [0.29, 0.717) is 4.90 Å². The van der Waals surface area contributed by atoms with Crippen LogP contribution in [0.25, 0.3) is 0 Å². The van der Waals surface area contributed by atoms with Gasteiger partial charge in [-0.25, -0.2) is 16.8 Å². The third-order valence-corrected chi connectivity index (χ3v) is 9.90. The maximum atomic E-state index is 13.1. The van der Waals surface area contributed by atoms with Gasteiger partial charge < -0.3 is 0 Å². The van der Waals surface area contributed by atoms with Gasteiger partial charge >= 0.3 is 0 Å². The van der Waals surface area contributed by atoms with Crippen LogP contribution < -0.4 is 0 Å². The van der Waals surface area contributed by atoms with E-state index in [2.05, 4.69) is 0 Å². The summed E-state index contributed by atoms with van der Waals surface area (Å²) in [7, 11) is -7.41. The normalized spacial score (nSPS) is 19.1. The molecular formula is C20H23ClN2O4S2. The Hall–Kier alpha value is -1.45. The van der Waals surface area contributed by atoms with Crippen LogP contribution in [0.3, 0.4) is 0 Å². The first-order valence-corrected chi connectivity index (χ1v) is 12.9. The molecule has 29 heavy (non-hydrogen) atoms. The molecule has 2 aliphatic rings. The van der Waals surface area contributed by atoms with Gasteiger partial charge in [0.25, 0.3) is 0 Å². The molecule has 0 atom stereocenters. The molecule has 1 saturated heterocycles. The van der Waals surface area contributed by atoms with E-state index >= 15 is 0 Å². The van der Waals surface area contributed by atoms with Crippen molar-refractivity contribution in [3.05, 3.63) is 58.6 Å². The molecule has 2 aromatic rings. The molecule has 2 aromatic carbocycles. The molecule has 0 spiro atoms. The zero-order chi connectivity index (χ0) is 20.6. The fourth-order valence-corrected chi connectivity index (χ4v) is 7.35. The Balaban J connectivity index is 1.51. The van der Waals surface area contributed by atoms with E-state index in [-0.39, 0.29) is 36.1 Å². The zero-order valence-electron chi connectivity index (χ0n) is 15.9. The van der Waals surface area contributed by atoms with Gasteiger partial charge in [0.1, 0.15) is 4.90 Å². The van der Waals surface area contributed by atoms with Crippen molar-refractivity contribution in [3.63, 3.8) is 0 Å². The molecule has 0 unspecified atom stereocenters. The fraction of sp³-hybridized carbons (Fsp3) is 0.400. The van der Waals surface area contributed by atoms with Gasteiger partial charge in [-0.15, -0.1) is 0 Å². The van der Waals surface area contributed by atoms with Crippen LogP contribution in [0.15, 0.2) is 52.3 Å². The van der Waals surface area contributed by atoms with Gasteiger partial charge in [-0.2, -0.15) is 8.61 Å². The Bertz CT molecular complexity index is 1120. The van der Waals surface area contributed by atoms with Crippen molar-refractivity contribution in [2.45, 2.75) is 35.5 Å². The topological polar surface area (TPSA) is 74.8 Å². The second kappa shape index (κ2) is 8.00. The summed E-state index contributed by atoms with van der Waals surface area (Å²) in [5.74, 6) is 0. The fourth-order valence-electron chi connectivity index (χ4n) is 3.96. The minimum absolute atomic E-state index is 0.0488. The quantitative estimate of drug-likeness (QED) is 0.711. The number of fused-ring (bicyclic) bond motifs is 1. The number of nitrogens with zero attached hydrogens (tertiary/aromatic N) is 2. The minimum Gasteiger partial charge on any atom is -0.207 e. The van der Waals surface area contributed by atoms with E-state index in [1.54, 1.807) is 24.3 Å². The highest BCUT2D eigenvalue weighted by molar-refractivity contribution is 7.89. The zero-order valence-corrected chi connectivity index (χ0v) is 18.3. The van der Waals surface area contributed by atoms with E-state index in [9.17, 15) is 16.8 Å². The van der Waals surface area contributed by atoms with Crippen LogP contribution in [0.5, 0.6) is 0 Å². The molecule has 0 radical (unpaired) electrons. The van der Waals surface area contributed by atoms with Crippen molar-refractivity contribution in [1.82, 2.24) is 8.61 Å². The molecule has 156 valence electrons. The third kappa shape index (κ3) is 3.96. The third-order valence-electron chi connectivity index (χ3n) is 5.61. The first kappa shape index (κ1) is 20.8. The van der Waals surface area contributed by atoms with Gasteiger partial charge in [0.15, 0.2) is 0 Å². The largest absolute Gasteiger partial charge is 0.244 e. The first-order valence-electron chi connectivity index (χ1n) is 9.67. The van der Waals surface area contributed by atoms with E-state index < -0.39 is 20.0 Å². The summed E-state index contributed by atoms with van der Waals surface area (Å²) in [6.07, 6.45) is 4.12. The summed E-state index contributed by atoms with van der Waals surface area (Å²) in [5, 5.41) is 0.164. The van der Waals surface area contributed by atoms with Crippen LogP contribution in [0.2, 0.25) is 5.02 Å². The number of hydrogen-bond acceptors (Lipinski definition) is 4. The lowest BCUT2D eigenvalue weighted by Crippen LogP contribution is -2.50. The SMILES string of the molecule is O=S(=O)(c1ccc2c(c1)CCCC2)N1CCN(S(=O)(=O)c2ccccc2Cl)CC1. The molecule has 0 N–H and O–H groups in total. The maximum Gasteiger partial charge on any atom is 0.244 e. The summed E-state index contributed by atoms with van der Waals surface area (Å²) < 4.78 is 54.6. The van der Waals surface area contributed by atoms with Crippen molar-refractivity contribution >= 4 is 31.6 Å². The van der Waals surface area contributed by atoms with Crippen molar-refractivity contribution in [1.29, 1.82) is 0 Å². The number of piperazine rings is 1. The van der Waals surface area contributed by atoms with Crippen LogP contribution >= 0.6 is 11.6 Å². The highest BCUT2D eigenvalue weighted by atomic mass is 35.5. The van der Waals surface area contributed by atoms with Gasteiger partial charge in [-0.3, -0.25) is 0 Å². The summed E-state index contributed by atoms with van der Waals surface area (Å²) in [6, 6.07) is 11.7. The first-order chi connectivity index (χ1) is 13.8. The van der Waals surface area contributed by atoms with Crippen LogP contribution in [0.4, 0.5) is 0 Å². The van der Waals surface area contributed by atoms with Gasteiger partial charge in [0.2, 0.25) is 20.0 Å². The lowest BCUT2D eigenvalue weighted by molar-refractivity contribution is 0.273. The molecule has 6 nitrogen and oxygen atoms in total. The highest BCUT2D eigenvalue weighted by Crippen LogP contribution is 2.28. The Labute approximate surface area is 177 Å². The van der Waals surface area contributed by atoms with Crippen molar-refractivity contribution in [2.75, 3.05) is 26.2 Å². The molecule has 4 rings (SSSR count). The molecule has 1 fully saturated rings. The smallest absolute Gasteiger partial charge is 0.207 e. The predicted molar refractivity (Wildman–Crippen MR) is 112 cm³/mol. The van der Waals surface area contributed by atoms with Gasteiger partial charge in [0, 0.05) is 26.2 Å². The second-order valence-corrected chi connectivity index (χ2v) is 11.6. The average molecular weight is 455 g/mol. The van der Waals surface area contributed by atoms with Crippen LogP contribution in [-0.4, -0.2) is 51.6 Å². The van der Waals surface area contributed by atoms with E-state index in [0.717, 1.165) is 31.2 Å². The van der Waals surface area contributed by atoms with Crippen molar-refractivity contribution in [3.8, 4) is 0 Å². The van der Waals surface area contributed by atoms with E-state index in [1.807, 2.05) is 6.07 Å².